The van der Waals surface area contributed by atoms with Crippen LogP contribution in [0.4, 0.5) is 11.4 Å². The predicted octanol–water partition coefficient (Wildman–Crippen LogP) is 3.22. The van der Waals surface area contributed by atoms with Crippen molar-refractivity contribution in [1.82, 2.24) is 0 Å². The molecule has 0 saturated heterocycles. The topological polar surface area (TPSA) is 73.6 Å². The quantitative estimate of drug-likeness (QED) is 0.427. The zero-order valence-corrected chi connectivity index (χ0v) is 12.2. The lowest BCUT2D eigenvalue weighted by Gasteiger charge is -2.09. The number of nitro benzene ring substituents is 1. The van der Waals surface area contributed by atoms with Crippen molar-refractivity contribution in [3.63, 3.8) is 0 Å². The molecule has 1 N–H and O–H groups in total. The molecule has 0 radical (unpaired) electrons. The number of ether oxygens (including phenoxy) is 2. The van der Waals surface area contributed by atoms with E-state index in [0.717, 1.165) is 31.7 Å². The Morgan fingerprint density at radius 2 is 2.10 bits per heavy atom. The van der Waals surface area contributed by atoms with Crippen molar-refractivity contribution in [2.24, 2.45) is 0 Å². The van der Waals surface area contributed by atoms with Crippen LogP contribution in [0.1, 0.15) is 26.7 Å². The molecule has 6 nitrogen and oxygen atoms in total. The molecule has 0 atom stereocenters. The molecule has 0 spiro atoms. The summed E-state index contributed by atoms with van der Waals surface area (Å²) in [6.45, 7) is 5.58. The van der Waals surface area contributed by atoms with E-state index in [4.69, 9.17) is 9.47 Å². The minimum absolute atomic E-state index is 0.0246. The molecule has 0 bridgehead atoms. The molecule has 0 unspecified atom stereocenters. The van der Waals surface area contributed by atoms with E-state index < -0.39 is 4.92 Å². The van der Waals surface area contributed by atoms with Crippen LogP contribution in [0.15, 0.2) is 18.2 Å². The smallest absolute Gasteiger partial charge is 0.311 e. The van der Waals surface area contributed by atoms with Gasteiger partial charge in [0.1, 0.15) is 0 Å². The van der Waals surface area contributed by atoms with Crippen molar-refractivity contribution >= 4 is 11.4 Å². The minimum Gasteiger partial charge on any atom is -0.490 e. The van der Waals surface area contributed by atoms with Gasteiger partial charge in [0.2, 0.25) is 0 Å². The van der Waals surface area contributed by atoms with E-state index in [0.29, 0.717) is 0 Å². The maximum Gasteiger partial charge on any atom is 0.311 e. The van der Waals surface area contributed by atoms with E-state index in [9.17, 15) is 10.1 Å². The van der Waals surface area contributed by atoms with Gasteiger partial charge in [-0.25, -0.2) is 0 Å². The van der Waals surface area contributed by atoms with E-state index in [2.05, 4.69) is 5.32 Å². The molecule has 0 fully saturated rings. The van der Waals surface area contributed by atoms with Gasteiger partial charge in [0, 0.05) is 31.0 Å². The van der Waals surface area contributed by atoms with E-state index in [1.54, 1.807) is 12.1 Å². The molecule has 0 aliphatic heterocycles. The van der Waals surface area contributed by atoms with E-state index in [1.807, 2.05) is 13.8 Å². The summed E-state index contributed by atoms with van der Waals surface area (Å²) in [5.41, 5.74) is 0.792. The fraction of sp³-hybridized carbons (Fsp3) is 0.571. The van der Waals surface area contributed by atoms with Crippen molar-refractivity contribution < 1.29 is 14.4 Å². The number of nitrogens with one attached hydrogen (secondary N) is 1. The highest BCUT2D eigenvalue weighted by Gasteiger charge is 2.14. The van der Waals surface area contributed by atoms with Crippen LogP contribution >= 0.6 is 0 Å². The highest BCUT2D eigenvalue weighted by Crippen LogP contribution is 2.29. The second-order valence-corrected chi connectivity index (χ2v) is 4.70. The number of hydrogen-bond acceptors (Lipinski definition) is 5. The second-order valence-electron chi connectivity index (χ2n) is 4.70. The first-order chi connectivity index (χ1) is 9.54. The highest BCUT2D eigenvalue weighted by atomic mass is 16.6. The number of nitro groups is 1. The van der Waals surface area contributed by atoms with Gasteiger partial charge in [0.15, 0.2) is 5.75 Å². The highest BCUT2D eigenvalue weighted by molar-refractivity contribution is 5.57. The van der Waals surface area contributed by atoms with E-state index in [1.165, 1.54) is 13.2 Å². The number of unbranched alkanes of at least 4 members (excludes halogenated alkanes) is 1. The van der Waals surface area contributed by atoms with Crippen LogP contribution in [0.2, 0.25) is 0 Å². The van der Waals surface area contributed by atoms with E-state index >= 15 is 0 Å². The standard InChI is InChI=1S/C14H22N2O4/c1-11(2)20-9-5-4-8-15-12-6-7-13(16(17)18)14(10-12)19-3/h6-7,10-11,15H,4-5,8-9H2,1-3H3. The van der Waals surface area contributed by atoms with Gasteiger partial charge in [0.05, 0.1) is 18.1 Å². The Labute approximate surface area is 119 Å². The summed E-state index contributed by atoms with van der Waals surface area (Å²) >= 11 is 0. The maximum absolute atomic E-state index is 10.8. The van der Waals surface area contributed by atoms with Gasteiger partial charge in [-0.05, 0) is 32.8 Å². The normalized spacial score (nSPS) is 10.6. The van der Waals surface area contributed by atoms with Gasteiger partial charge in [0.25, 0.3) is 0 Å². The van der Waals surface area contributed by atoms with Gasteiger partial charge in [-0.2, -0.15) is 0 Å². The number of rotatable bonds is 9. The molecule has 1 aromatic rings. The number of methoxy groups -OCH3 is 1. The number of hydrogen-bond donors (Lipinski definition) is 1. The van der Waals surface area contributed by atoms with Crippen molar-refractivity contribution in [3.05, 3.63) is 28.3 Å². The Morgan fingerprint density at radius 3 is 2.70 bits per heavy atom. The van der Waals surface area contributed by atoms with Crippen LogP contribution in [-0.2, 0) is 4.74 Å². The minimum atomic E-state index is -0.453. The lowest BCUT2D eigenvalue weighted by Crippen LogP contribution is -2.07. The third kappa shape index (κ3) is 5.44. The zero-order chi connectivity index (χ0) is 15.0. The summed E-state index contributed by atoms with van der Waals surface area (Å²) in [4.78, 5) is 10.3. The van der Waals surface area contributed by atoms with Crippen LogP contribution in [0.5, 0.6) is 5.75 Å². The van der Waals surface area contributed by atoms with Crippen LogP contribution in [0.25, 0.3) is 0 Å². The largest absolute Gasteiger partial charge is 0.490 e. The number of anilines is 1. The van der Waals surface area contributed by atoms with Crippen LogP contribution < -0.4 is 10.1 Å². The molecule has 6 heteroatoms. The first-order valence-corrected chi connectivity index (χ1v) is 6.72. The first-order valence-electron chi connectivity index (χ1n) is 6.72. The summed E-state index contributed by atoms with van der Waals surface area (Å²) in [5.74, 6) is 0.267. The molecular formula is C14H22N2O4. The lowest BCUT2D eigenvalue weighted by atomic mass is 10.2. The molecule has 0 aromatic heterocycles. The molecule has 1 aromatic carbocycles. The molecule has 112 valence electrons. The summed E-state index contributed by atoms with van der Waals surface area (Å²) in [6, 6.07) is 4.77. The maximum atomic E-state index is 10.8. The zero-order valence-electron chi connectivity index (χ0n) is 12.2. The molecule has 0 heterocycles. The molecule has 0 aliphatic rings. The summed E-state index contributed by atoms with van der Waals surface area (Å²) in [6.07, 6.45) is 2.23. The predicted molar refractivity (Wildman–Crippen MR) is 78.5 cm³/mol. The van der Waals surface area contributed by atoms with Crippen molar-refractivity contribution in [2.75, 3.05) is 25.6 Å². The first kappa shape index (κ1) is 16.2. The monoisotopic (exact) mass is 282 g/mol. The Bertz CT molecular complexity index is 435. The van der Waals surface area contributed by atoms with Gasteiger partial charge in [-0.1, -0.05) is 0 Å². The molecule has 0 amide bonds. The van der Waals surface area contributed by atoms with Gasteiger partial charge in [-0.15, -0.1) is 0 Å². The van der Waals surface area contributed by atoms with Gasteiger partial charge in [-0.3, -0.25) is 10.1 Å². The van der Waals surface area contributed by atoms with E-state index in [-0.39, 0.29) is 17.5 Å². The van der Waals surface area contributed by atoms with Crippen LogP contribution in [-0.4, -0.2) is 31.3 Å². The van der Waals surface area contributed by atoms with Crippen molar-refractivity contribution in [2.45, 2.75) is 32.8 Å². The van der Waals surface area contributed by atoms with Crippen LogP contribution in [0.3, 0.4) is 0 Å². The average Bonchev–Trinajstić information content (AvgIpc) is 2.41. The molecular weight excluding hydrogens is 260 g/mol. The second kappa shape index (κ2) is 8.37. The van der Waals surface area contributed by atoms with Gasteiger partial charge < -0.3 is 14.8 Å². The third-order valence-corrected chi connectivity index (χ3v) is 2.73. The molecule has 0 aliphatic carbocycles. The summed E-state index contributed by atoms with van der Waals surface area (Å²) in [7, 11) is 1.43. The van der Waals surface area contributed by atoms with Crippen molar-refractivity contribution in [3.8, 4) is 5.75 Å². The summed E-state index contributed by atoms with van der Waals surface area (Å²) in [5, 5.41) is 14.0. The fourth-order valence-corrected chi connectivity index (χ4v) is 1.72. The number of benzene rings is 1. The molecule has 1 rings (SSSR count). The number of nitrogens with zero attached hydrogens (tertiary/aromatic N) is 1. The third-order valence-electron chi connectivity index (χ3n) is 2.73. The average molecular weight is 282 g/mol. The Hall–Kier alpha value is -1.82. The lowest BCUT2D eigenvalue weighted by molar-refractivity contribution is -0.385. The SMILES string of the molecule is COc1cc(NCCCCOC(C)C)ccc1[N+](=O)[O-]. The molecule has 0 saturated carbocycles. The molecule has 20 heavy (non-hydrogen) atoms. The Balaban J connectivity index is 2.39. The van der Waals surface area contributed by atoms with Crippen LogP contribution in [0, 0.1) is 10.1 Å². The fourth-order valence-electron chi connectivity index (χ4n) is 1.72. The Kier molecular flexibility index (Phi) is 6.79. The Morgan fingerprint density at radius 1 is 1.35 bits per heavy atom. The summed E-state index contributed by atoms with van der Waals surface area (Å²) < 4.78 is 10.5. The van der Waals surface area contributed by atoms with Crippen molar-refractivity contribution in [1.29, 1.82) is 0 Å². The van der Waals surface area contributed by atoms with Gasteiger partial charge >= 0.3 is 5.69 Å².